The first kappa shape index (κ1) is 15.5. The van der Waals surface area contributed by atoms with Crippen molar-refractivity contribution in [3.05, 3.63) is 52.8 Å². The minimum absolute atomic E-state index is 0.105. The maximum atomic E-state index is 13.8. The highest BCUT2D eigenvalue weighted by Gasteiger charge is 2.30. The van der Waals surface area contributed by atoms with Gasteiger partial charge in [-0.1, -0.05) is 11.6 Å². The number of ether oxygens (including phenoxy) is 1. The molecule has 2 aromatic rings. The van der Waals surface area contributed by atoms with Crippen LogP contribution in [0.3, 0.4) is 0 Å². The molecule has 1 N–H and O–H groups in total. The number of aromatic nitrogens is 2. The molecule has 1 aliphatic heterocycles. The molecule has 22 heavy (non-hydrogen) atoms. The van der Waals surface area contributed by atoms with Gasteiger partial charge in [0.1, 0.15) is 17.7 Å². The van der Waals surface area contributed by atoms with Crippen LogP contribution in [0.4, 0.5) is 4.39 Å². The van der Waals surface area contributed by atoms with Crippen molar-refractivity contribution in [3.8, 4) is 0 Å². The second-order valence-corrected chi connectivity index (χ2v) is 5.99. The van der Waals surface area contributed by atoms with Gasteiger partial charge in [-0.3, -0.25) is 0 Å². The SMILES string of the molecule is Cn1ccnc1[C@H]1OCCC[C@@H]1NCc1cc(Cl)ccc1F. The van der Waals surface area contributed by atoms with Crippen molar-refractivity contribution >= 4 is 11.6 Å². The summed E-state index contributed by atoms with van der Waals surface area (Å²) in [5.41, 5.74) is 0.566. The molecule has 0 radical (unpaired) electrons. The topological polar surface area (TPSA) is 39.1 Å². The van der Waals surface area contributed by atoms with Crippen molar-refractivity contribution in [1.29, 1.82) is 0 Å². The number of rotatable bonds is 4. The van der Waals surface area contributed by atoms with E-state index in [9.17, 15) is 4.39 Å². The molecule has 6 heteroatoms. The van der Waals surface area contributed by atoms with Gasteiger partial charge < -0.3 is 14.6 Å². The third-order valence-corrected chi connectivity index (χ3v) is 4.23. The van der Waals surface area contributed by atoms with Crippen molar-refractivity contribution in [3.63, 3.8) is 0 Å². The molecular weight excluding hydrogens is 305 g/mol. The zero-order chi connectivity index (χ0) is 15.5. The van der Waals surface area contributed by atoms with Gasteiger partial charge in [-0.15, -0.1) is 0 Å². The monoisotopic (exact) mass is 323 g/mol. The second kappa shape index (κ2) is 6.77. The van der Waals surface area contributed by atoms with Gasteiger partial charge in [0, 0.05) is 49.2 Å². The molecule has 1 fully saturated rings. The summed E-state index contributed by atoms with van der Waals surface area (Å²) in [4.78, 5) is 4.38. The third kappa shape index (κ3) is 3.32. The van der Waals surface area contributed by atoms with Gasteiger partial charge in [0.25, 0.3) is 0 Å². The number of aryl methyl sites for hydroxylation is 1. The van der Waals surface area contributed by atoms with Crippen LogP contribution in [0.5, 0.6) is 0 Å². The van der Waals surface area contributed by atoms with Gasteiger partial charge in [-0.2, -0.15) is 0 Å². The molecule has 0 bridgehead atoms. The maximum Gasteiger partial charge on any atom is 0.139 e. The highest BCUT2D eigenvalue weighted by Crippen LogP contribution is 2.27. The Morgan fingerprint density at radius 1 is 1.50 bits per heavy atom. The number of imidazole rings is 1. The van der Waals surface area contributed by atoms with Gasteiger partial charge >= 0.3 is 0 Å². The van der Waals surface area contributed by atoms with Crippen LogP contribution in [0.1, 0.15) is 30.3 Å². The molecular formula is C16H19ClFN3O. The predicted molar refractivity (Wildman–Crippen MR) is 83.2 cm³/mol. The van der Waals surface area contributed by atoms with E-state index in [-0.39, 0.29) is 18.0 Å². The summed E-state index contributed by atoms with van der Waals surface area (Å²) < 4.78 is 21.7. The lowest BCUT2D eigenvalue weighted by atomic mass is 10.0. The second-order valence-electron chi connectivity index (χ2n) is 5.55. The fourth-order valence-corrected chi connectivity index (χ4v) is 3.01. The molecule has 1 aliphatic rings. The van der Waals surface area contributed by atoms with Crippen LogP contribution >= 0.6 is 11.6 Å². The molecule has 0 aliphatic carbocycles. The summed E-state index contributed by atoms with van der Waals surface area (Å²) >= 11 is 5.94. The largest absolute Gasteiger partial charge is 0.369 e. The Bertz CT molecular complexity index is 646. The number of nitrogens with zero attached hydrogens (tertiary/aromatic N) is 2. The number of hydrogen-bond acceptors (Lipinski definition) is 3. The summed E-state index contributed by atoms with van der Waals surface area (Å²) in [5.74, 6) is 0.644. The third-order valence-electron chi connectivity index (χ3n) is 4.00. The zero-order valence-corrected chi connectivity index (χ0v) is 13.2. The van der Waals surface area contributed by atoms with E-state index in [2.05, 4.69) is 10.3 Å². The lowest BCUT2D eigenvalue weighted by Crippen LogP contribution is -2.40. The smallest absolute Gasteiger partial charge is 0.139 e. The first-order valence-corrected chi connectivity index (χ1v) is 7.79. The molecule has 2 atom stereocenters. The van der Waals surface area contributed by atoms with Crippen LogP contribution in [0.25, 0.3) is 0 Å². The standard InChI is InChI=1S/C16H19ClFN3O/c1-21-7-6-19-16(21)15-14(3-2-8-22-15)20-10-11-9-12(17)4-5-13(11)18/h4-7,9,14-15,20H,2-3,8,10H2,1H3/t14-,15-/m0/s1. The molecule has 118 valence electrons. The van der Waals surface area contributed by atoms with Crippen molar-refractivity contribution < 1.29 is 9.13 Å². The minimum Gasteiger partial charge on any atom is -0.369 e. The van der Waals surface area contributed by atoms with Crippen LogP contribution in [-0.2, 0) is 18.3 Å². The van der Waals surface area contributed by atoms with E-state index in [4.69, 9.17) is 16.3 Å². The highest BCUT2D eigenvalue weighted by molar-refractivity contribution is 6.30. The van der Waals surface area contributed by atoms with Crippen LogP contribution in [-0.4, -0.2) is 22.2 Å². The average Bonchev–Trinajstić information content (AvgIpc) is 2.94. The maximum absolute atomic E-state index is 13.8. The van der Waals surface area contributed by atoms with Gasteiger partial charge in [0.15, 0.2) is 0 Å². The number of hydrogen-bond donors (Lipinski definition) is 1. The van der Waals surface area contributed by atoms with E-state index in [1.54, 1.807) is 18.3 Å². The van der Waals surface area contributed by atoms with Crippen LogP contribution in [0, 0.1) is 5.82 Å². The van der Waals surface area contributed by atoms with E-state index >= 15 is 0 Å². The molecule has 2 heterocycles. The summed E-state index contributed by atoms with van der Waals surface area (Å²) in [6.07, 6.45) is 5.51. The van der Waals surface area contributed by atoms with E-state index < -0.39 is 0 Å². The molecule has 0 amide bonds. The van der Waals surface area contributed by atoms with Crippen molar-refractivity contribution in [2.75, 3.05) is 6.61 Å². The normalized spacial score (nSPS) is 22.0. The van der Waals surface area contributed by atoms with Crippen LogP contribution in [0.15, 0.2) is 30.6 Å². The van der Waals surface area contributed by atoms with Crippen molar-refractivity contribution in [2.24, 2.45) is 7.05 Å². The van der Waals surface area contributed by atoms with Crippen LogP contribution in [0.2, 0.25) is 5.02 Å². The van der Waals surface area contributed by atoms with E-state index in [1.807, 2.05) is 17.8 Å². The van der Waals surface area contributed by atoms with E-state index in [0.29, 0.717) is 17.1 Å². The minimum atomic E-state index is -0.248. The van der Waals surface area contributed by atoms with Crippen molar-refractivity contribution in [1.82, 2.24) is 14.9 Å². The molecule has 1 aromatic heterocycles. The number of nitrogens with one attached hydrogen (secondary N) is 1. The Morgan fingerprint density at radius 3 is 3.14 bits per heavy atom. The Kier molecular flexibility index (Phi) is 4.76. The van der Waals surface area contributed by atoms with Crippen LogP contribution < -0.4 is 5.32 Å². The summed E-state index contributed by atoms with van der Waals surface area (Å²) in [6, 6.07) is 4.71. The summed E-state index contributed by atoms with van der Waals surface area (Å²) in [5, 5.41) is 3.94. The Balaban J connectivity index is 1.72. The molecule has 3 rings (SSSR count). The van der Waals surface area contributed by atoms with Gasteiger partial charge in [0.05, 0.1) is 0 Å². The lowest BCUT2D eigenvalue weighted by molar-refractivity contribution is -0.0179. The first-order chi connectivity index (χ1) is 10.6. The fraction of sp³-hybridized carbons (Fsp3) is 0.438. The van der Waals surface area contributed by atoms with E-state index in [1.165, 1.54) is 6.07 Å². The Morgan fingerprint density at radius 2 is 2.36 bits per heavy atom. The first-order valence-electron chi connectivity index (χ1n) is 7.41. The Labute approximate surface area is 134 Å². The molecule has 0 unspecified atom stereocenters. The molecule has 0 spiro atoms. The lowest BCUT2D eigenvalue weighted by Gasteiger charge is -2.32. The fourth-order valence-electron chi connectivity index (χ4n) is 2.82. The molecule has 0 saturated carbocycles. The van der Waals surface area contributed by atoms with Gasteiger partial charge in [-0.25, -0.2) is 9.37 Å². The quantitative estimate of drug-likeness (QED) is 0.939. The molecule has 4 nitrogen and oxygen atoms in total. The predicted octanol–water partition coefficient (Wildman–Crippen LogP) is 3.22. The molecule has 1 saturated heterocycles. The van der Waals surface area contributed by atoms with Gasteiger partial charge in [-0.05, 0) is 31.0 Å². The summed E-state index contributed by atoms with van der Waals surface area (Å²) in [7, 11) is 1.95. The number of halogens is 2. The zero-order valence-electron chi connectivity index (χ0n) is 12.4. The Hall–Kier alpha value is -1.43. The average molecular weight is 324 g/mol. The van der Waals surface area contributed by atoms with E-state index in [0.717, 1.165) is 25.3 Å². The van der Waals surface area contributed by atoms with Gasteiger partial charge in [0.2, 0.25) is 0 Å². The number of benzene rings is 1. The van der Waals surface area contributed by atoms with Crippen molar-refractivity contribution in [2.45, 2.75) is 31.5 Å². The molecule has 1 aromatic carbocycles. The highest BCUT2D eigenvalue weighted by atomic mass is 35.5. The summed E-state index contributed by atoms with van der Waals surface area (Å²) in [6.45, 7) is 1.14.